The number of hydrogen-bond donors (Lipinski definition) is 2. The molecule has 0 unspecified atom stereocenters. The SMILES string of the molecule is CCCCCCCCCCCCCCCCC1=[NH+]/C(=C2/C=C(c3ccc(CCCCCCCCCCCCCCCC)[nH]3)O[B-](F)(F)O2)C=C1. The molecule has 0 aliphatic carbocycles. The van der Waals surface area contributed by atoms with Crippen molar-refractivity contribution < 1.29 is 22.9 Å². The zero-order valence-corrected chi connectivity index (χ0v) is 32.2. The fourth-order valence-corrected chi connectivity index (χ4v) is 7.27. The molecule has 1 aromatic rings. The fraction of sp³-hybridized carbons (Fsp3) is 0.744. The molecule has 0 saturated heterocycles. The summed E-state index contributed by atoms with van der Waals surface area (Å²) in [5, 5.41) is 0. The average Bonchev–Trinajstić information content (AvgIpc) is 3.78. The smallest absolute Gasteiger partial charge is 0.626 e. The van der Waals surface area contributed by atoms with Crippen LogP contribution in [-0.4, -0.2) is 17.8 Å². The van der Waals surface area contributed by atoms with Gasteiger partial charge < -0.3 is 22.9 Å². The third-order valence-corrected chi connectivity index (χ3v) is 10.4. The van der Waals surface area contributed by atoms with Crippen LogP contribution in [0.2, 0.25) is 0 Å². The zero-order valence-electron chi connectivity index (χ0n) is 32.2. The minimum absolute atomic E-state index is 0.131. The molecule has 2 aliphatic heterocycles. The lowest BCUT2D eigenvalue weighted by Crippen LogP contribution is -2.68. The van der Waals surface area contributed by atoms with Gasteiger partial charge in [0, 0.05) is 30.3 Å². The molecule has 7 heteroatoms. The first-order valence-corrected chi connectivity index (χ1v) is 21.3. The van der Waals surface area contributed by atoms with Crippen LogP contribution in [0.1, 0.15) is 211 Å². The number of aryl methyl sites for hydroxylation is 1. The third-order valence-electron chi connectivity index (χ3n) is 10.4. The standard InChI is InChI=1S/C43H72BF2N2O2/c1-3-5-7-9-11-13-15-17-19-21-23-25-27-29-31-38-33-35-40(47-38)42-37-43(50-44(45,46)49-42)41-36-34-39(48-41)32-30-28-26-24-22-20-18-16-14-12-10-8-6-4-2/h33-37,47H,3-32H2,1-2H3/q-1/p+1/b43-41-. The van der Waals surface area contributed by atoms with Crippen molar-refractivity contribution in [1.82, 2.24) is 4.98 Å². The molecular formula is C43H73BF2N2O2. The largest absolute Gasteiger partial charge is 0.726 e. The number of allylic oxidation sites excluding steroid dienone is 3. The van der Waals surface area contributed by atoms with E-state index in [1.807, 2.05) is 24.3 Å². The van der Waals surface area contributed by atoms with Crippen molar-refractivity contribution in [3.05, 3.63) is 53.2 Å². The van der Waals surface area contributed by atoms with Gasteiger partial charge in [0.05, 0.1) is 5.69 Å². The molecule has 0 bridgehead atoms. The van der Waals surface area contributed by atoms with Gasteiger partial charge in [-0.15, -0.1) is 0 Å². The lowest BCUT2D eigenvalue weighted by molar-refractivity contribution is -0.390. The predicted octanol–water partition coefficient (Wildman–Crippen LogP) is 13.0. The minimum atomic E-state index is -4.45. The topological polar surface area (TPSA) is 48.2 Å². The van der Waals surface area contributed by atoms with Gasteiger partial charge in [0.15, 0.2) is 11.5 Å². The van der Waals surface area contributed by atoms with E-state index in [1.165, 1.54) is 167 Å². The van der Waals surface area contributed by atoms with Gasteiger partial charge in [-0.05, 0) is 31.4 Å². The number of nitrogens with one attached hydrogen (secondary N) is 2. The van der Waals surface area contributed by atoms with Crippen molar-refractivity contribution in [2.45, 2.75) is 206 Å². The highest BCUT2D eigenvalue weighted by atomic mass is 19.3. The van der Waals surface area contributed by atoms with Crippen molar-refractivity contribution in [1.29, 1.82) is 0 Å². The summed E-state index contributed by atoms with van der Waals surface area (Å²) in [6, 6.07) is 3.83. The molecule has 0 fully saturated rings. The van der Waals surface area contributed by atoms with Crippen molar-refractivity contribution in [2.75, 3.05) is 0 Å². The Labute approximate surface area is 305 Å². The van der Waals surface area contributed by atoms with Gasteiger partial charge in [-0.3, -0.25) is 0 Å². The van der Waals surface area contributed by atoms with Crippen molar-refractivity contribution in [2.24, 2.45) is 0 Å². The lowest BCUT2D eigenvalue weighted by Gasteiger charge is -2.33. The first-order chi connectivity index (χ1) is 24.5. The molecule has 0 spiro atoms. The van der Waals surface area contributed by atoms with Crippen LogP contribution in [-0.2, 0) is 15.7 Å². The summed E-state index contributed by atoms with van der Waals surface area (Å²) >= 11 is 0. The summed E-state index contributed by atoms with van der Waals surface area (Å²) in [6.07, 6.45) is 44.7. The van der Waals surface area contributed by atoms with Crippen LogP contribution in [0.4, 0.5) is 8.63 Å². The van der Waals surface area contributed by atoms with Crippen LogP contribution in [0.25, 0.3) is 5.76 Å². The molecule has 0 amide bonds. The molecule has 0 saturated carbocycles. The molecule has 1 aromatic heterocycles. The van der Waals surface area contributed by atoms with E-state index >= 15 is 0 Å². The molecule has 2 N–H and O–H groups in total. The van der Waals surface area contributed by atoms with Crippen molar-refractivity contribution in [3.8, 4) is 0 Å². The van der Waals surface area contributed by atoms with Gasteiger partial charge in [-0.1, -0.05) is 181 Å². The van der Waals surface area contributed by atoms with E-state index in [4.69, 9.17) is 9.31 Å². The van der Waals surface area contributed by atoms with E-state index in [9.17, 15) is 8.63 Å². The molecule has 0 atom stereocenters. The van der Waals surface area contributed by atoms with E-state index in [1.54, 1.807) is 6.08 Å². The number of rotatable bonds is 31. The second-order valence-corrected chi connectivity index (χ2v) is 15.1. The van der Waals surface area contributed by atoms with E-state index in [2.05, 4.69) is 23.8 Å². The number of unbranched alkanes of at least 4 members (excludes halogenated alkanes) is 26. The van der Waals surface area contributed by atoms with E-state index in [0.29, 0.717) is 11.4 Å². The number of hydrogen-bond acceptors (Lipinski definition) is 2. The van der Waals surface area contributed by atoms with Gasteiger partial charge in [0.1, 0.15) is 5.76 Å². The van der Waals surface area contributed by atoms with Crippen LogP contribution in [0, 0.1) is 0 Å². The van der Waals surface area contributed by atoms with Crippen molar-refractivity contribution in [3.63, 3.8) is 0 Å². The highest BCUT2D eigenvalue weighted by molar-refractivity contribution is 6.53. The Balaban J connectivity index is 1.29. The van der Waals surface area contributed by atoms with Crippen molar-refractivity contribution >= 4 is 18.6 Å². The Morgan fingerprint density at radius 1 is 0.540 bits per heavy atom. The van der Waals surface area contributed by atoms with Crippen LogP contribution >= 0.6 is 0 Å². The fourth-order valence-electron chi connectivity index (χ4n) is 7.27. The summed E-state index contributed by atoms with van der Waals surface area (Å²) < 4.78 is 39.2. The maximum absolute atomic E-state index is 14.6. The first-order valence-electron chi connectivity index (χ1n) is 21.3. The highest BCUT2D eigenvalue weighted by Crippen LogP contribution is 2.32. The summed E-state index contributed by atoms with van der Waals surface area (Å²) in [7, 11) is -4.45. The van der Waals surface area contributed by atoms with Crippen LogP contribution < -0.4 is 4.99 Å². The Bertz CT molecular complexity index is 1160. The minimum Gasteiger partial charge on any atom is -0.626 e. The second-order valence-electron chi connectivity index (χ2n) is 15.1. The summed E-state index contributed by atoms with van der Waals surface area (Å²) in [6.45, 7) is 4.55. The molecule has 284 valence electrons. The highest BCUT2D eigenvalue weighted by Gasteiger charge is 2.40. The third kappa shape index (κ3) is 18.8. The van der Waals surface area contributed by atoms with Gasteiger partial charge in [-0.25, -0.2) is 4.99 Å². The quantitative estimate of drug-likeness (QED) is 0.0599. The average molecular weight is 699 g/mol. The molecular weight excluding hydrogens is 625 g/mol. The van der Waals surface area contributed by atoms with E-state index in [0.717, 1.165) is 37.1 Å². The summed E-state index contributed by atoms with van der Waals surface area (Å²) in [5.41, 5.74) is 3.26. The first kappa shape index (κ1) is 42.1. The maximum atomic E-state index is 14.6. The summed E-state index contributed by atoms with van der Waals surface area (Å²) in [4.78, 5) is 6.64. The normalized spacial score (nSPS) is 16.8. The molecule has 2 aliphatic rings. The number of aromatic nitrogens is 1. The molecule has 0 radical (unpaired) electrons. The van der Waals surface area contributed by atoms with Crippen LogP contribution in [0.15, 0.2) is 41.8 Å². The number of halogens is 2. The maximum Gasteiger partial charge on any atom is 0.726 e. The molecule has 0 aromatic carbocycles. The van der Waals surface area contributed by atoms with Gasteiger partial charge in [0.2, 0.25) is 5.70 Å². The van der Waals surface area contributed by atoms with Crippen LogP contribution in [0.3, 0.4) is 0 Å². The van der Waals surface area contributed by atoms with E-state index in [-0.39, 0.29) is 11.5 Å². The lowest BCUT2D eigenvalue weighted by atomic mass is 10.0. The number of aromatic amines is 1. The van der Waals surface area contributed by atoms with E-state index < -0.39 is 7.11 Å². The monoisotopic (exact) mass is 699 g/mol. The predicted molar refractivity (Wildman–Crippen MR) is 210 cm³/mol. The Morgan fingerprint density at radius 2 is 0.980 bits per heavy atom. The summed E-state index contributed by atoms with van der Waals surface area (Å²) in [5.74, 6) is 0.262. The number of H-pyrrole nitrogens is 1. The Kier molecular flexibility index (Phi) is 22.3. The zero-order chi connectivity index (χ0) is 35.5. The molecule has 3 rings (SSSR count). The Hall–Kier alpha value is -2.31. The molecule has 50 heavy (non-hydrogen) atoms. The van der Waals surface area contributed by atoms with Gasteiger partial charge in [0.25, 0.3) is 0 Å². The Morgan fingerprint density at radius 3 is 1.46 bits per heavy atom. The van der Waals surface area contributed by atoms with Gasteiger partial charge >= 0.3 is 7.11 Å². The molecule has 4 nitrogen and oxygen atoms in total. The second kappa shape index (κ2) is 26.5. The molecule has 3 heterocycles. The van der Waals surface area contributed by atoms with Gasteiger partial charge in [-0.2, -0.15) is 0 Å². The van der Waals surface area contributed by atoms with Crippen LogP contribution in [0.5, 0.6) is 0 Å².